The van der Waals surface area contributed by atoms with Crippen molar-refractivity contribution in [2.45, 2.75) is 13.0 Å². The first-order chi connectivity index (χ1) is 7.08. The molecule has 1 aromatic heterocycles. The van der Waals surface area contributed by atoms with Gasteiger partial charge in [0.25, 0.3) is 5.91 Å². The Kier molecular flexibility index (Phi) is 6.02. The van der Waals surface area contributed by atoms with E-state index in [1.54, 1.807) is 17.8 Å². The number of nitrogens with two attached hydrogens (primary N) is 1. The molecular formula is C9H17ClN4O2. The number of halogens is 1. The van der Waals surface area contributed by atoms with Gasteiger partial charge in [-0.1, -0.05) is 0 Å². The van der Waals surface area contributed by atoms with E-state index in [9.17, 15) is 4.79 Å². The molecule has 0 aliphatic heterocycles. The molecule has 0 aliphatic carbocycles. The molecule has 0 aliphatic rings. The van der Waals surface area contributed by atoms with Crippen LogP contribution in [0.4, 0.5) is 5.82 Å². The quantitative estimate of drug-likeness (QED) is 0.790. The standard InChI is InChI=1S/C9H16N4O2.ClH/c1-6-4-8(13(2)12-6)11-9(14)7(5-10)15-3;/h4,7H,5,10H2,1-3H3,(H,11,14);1H. The number of amides is 1. The summed E-state index contributed by atoms with van der Waals surface area (Å²) >= 11 is 0. The van der Waals surface area contributed by atoms with Crippen LogP contribution in [0.5, 0.6) is 0 Å². The van der Waals surface area contributed by atoms with Gasteiger partial charge in [0.15, 0.2) is 0 Å². The molecule has 3 N–H and O–H groups in total. The van der Waals surface area contributed by atoms with Crippen LogP contribution in [0.1, 0.15) is 5.69 Å². The number of hydrogen-bond donors (Lipinski definition) is 2. The van der Waals surface area contributed by atoms with Gasteiger partial charge in [0.05, 0.1) is 5.69 Å². The van der Waals surface area contributed by atoms with Gasteiger partial charge in [-0.15, -0.1) is 12.4 Å². The summed E-state index contributed by atoms with van der Waals surface area (Å²) in [5.41, 5.74) is 6.21. The Hall–Kier alpha value is -1.11. The topological polar surface area (TPSA) is 82.2 Å². The molecule has 0 saturated heterocycles. The number of nitrogens with zero attached hydrogens (tertiary/aromatic N) is 2. The van der Waals surface area contributed by atoms with E-state index >= 15 is 0 Å². The molecule has 16 heavy (non-hydrogen) atoms. The van der Waals surface area contributed by atoms with E-state index in [1.165, 1.54) is 7.11 Å². The smallest absolute Gasteiger partial charge is 0.255 e. The third kappa shape index (κ3) is 3.48. The van der Waals surface area contributed by atoms with Crippen LogP contribution in [0.15, 0.2) is 6.07 Å². The molecule has 6 nitrogen and oxygen atoms in total. The van der Waals surface area contributed by atoms with Gasteiger partial charge < -0.3 is 15.8 Å². The van der Waals surface area contributed by atoms with E-state index in [4.69, 9.17) is 10.5 Å². The fourth-order valence-electron chi connectivity index (χ4n) is 1.24. The molecule has 0 spiro atoms. The first-order valence-corrected chi connectivity index (χ1v) is 4.63. The Balaban J connectivity index is 0.00000225. The summed E-state index contributed by atoms with van der Waals surface area (Å²) in [7, 11) is 3.21. The molecule has 1 atom stereocenters. The van der Waals surface area contributed by atoms with E-state index in [-0.39, 0.29) is 24.9 Å². The lowest BCUT2D eigenvalue weighted by atomic mass is 10.3. The van der Waals surface area contributed by atoms with Gasteiger partial charge in [0, 0.05) is 26.8 Å². The highest BCUT2D eigenvalue weighted by Crippen LogP contribution is 2.08. The number of nitrogens with one attached hydrogen (secondary N) is 1. The summed E-state index contributed by atoms with van der Waals surface area (Å²) in [5.74, 6) is 0.371. The van der Waals surface area contributed by atoms with Crippen molar-refractivity contribution in [3.05, 3.63) is 11.8 Å². The Morgan fingerprint density at radius 1 is 1.75 bits per heavy atom. The zero-order chi connectivity index (χ0) is 11.4. The SMILES string of the molecule is COC(CN)C(=O)Nc1cc(C)nn1C.Cl. The fourth-order valence-corrected chi connectivity index (χ4v) is 1.24. The van der Waals surface area contributed by atoms with Gasteiger partial charge in [0.1, 0.15) is 11.9 Å². The molecule has 1 rings (SSSR count). The molecule has 1 amide bonds. The van der Waals surface area contributed by atoms with E-state index < -0.39 is 6.10 Å². The monoisotopic (exact) mass is 248 g/mol. The lowest BCUT2D eigenvalue weighted by molar-refractivity contribution is -0.125. The average molecular weight is 249 g/mol. The van der Waals surface area contributed by atoms with Crippen LogP contribution in [0.2, 0.25) is 0 Å². The van der Waals surface area contributed by atoms with Gasteiger partial charge in [-0.2, -0.15) is 5.10 Å². The molecule has 0 bridgehead atoms. The maximum absolute atomic E-state index is 11.6. The van der Waals surface area contributed by atoms with Crippen molar-refractivity contribution in [2.24, 2.45) is 12.8 Å². The number of aromatic nitrogens is 2. The molecule has 0 aromatic carbocycles. The third-order valence-electron chi connectivity index (χ3n) is 2.04. The van der Waals surface area contributed by atoms with Crippen LogP contribution < -0.4 is 11.1 Å². The predicted octanol–water partition coefficient (Wildman–Crippen LogP) is 0.0625. The number of hydrogen-bond acceptors (Lipinski definition) is 4. The highest BCUT2D eigenvalue weighted by molar-refractivity contribution is 5.93. The summed E-state index contributed by atoms with van der Waals surface area (Å²) in [4.78, 5) is 11.6. The Morgan fingerprint density at radius 3 is 2.75 bits per heavy atom. The molecule has 0 fully saturated rings. The van der Waals surface area contributed by atoms with E-state index in [0.29, 0.717) is 5.82 Å². The number of rotatable bonds is 4. The lowest BCUT2D eigenvalue weighted by Gasteiger charge is -2.12. The number of aryl methyl sites for hydroxylation is 2. The van der Waals surface area contributed by atoms with Gasteiger partial charge in [-0.25, -0.2) is 0 Å². The molecule has 1 heterocycles. The normalized spacial score (nSPS) is 11.8. The first-order valence-electron chi connectivity index (χ1n) is 4.63. The Labute approximate surface area is 101 Å². The van der Waals surface area contributed by atoms with E-state index in [0.717, 1.165) is 5.69 Å². The van der Waals surface area contributed by atoms with Crippen molar-refractivity contribution < 1.29 is 9.53 Å². The van der Waals surface area contributed by atoms with Crippen LogP contribution in [-0.2, 0) is 16.6 Å². The summed E-state index contributed by atoms with van der Waals surface area (Å²) in [6.45, 7) is 2.01. The van der Waals surface area contributed by atoms with Crippen LogP contribution in [0.3, 0.4) is 0 Å². The number of anilines is 1. The van der Waals surface area contributed by atoms with Crippen molar-refractivity contribution in [2.75, 3.05) is 19.0 Å². The summed E-state index contributed by atoms with van der Waals surface area (Å²) in [6.07, 6.45) is -0.625. The molecular weight excluding hydrogens is 232 g/mol. The predicted molar refractivity (Wildman–Crippen MR) is 63.7 cm³/mol. The first kappa shape index (κ1) is 14.9. The zero-order valence-electron chi connectivity index (χ0n) is 9.56. The third-order valence-corrected chi connectivity index (χ3v) is 2.04. The molecule has 0 radical (unpaired) electrons. The number of carbonyl (C=O) groups excluding carboxylic acids is 1. The average Bonchev–Trinajstić information content (AvgIpc) is 2.47. The van der Waals surface area contributed by atoms with Crippen LogP contribution in [0.25, 0.3) is 0 Å². The highest BCUT2D eigenvalue weighted by Gasteiger charge is 2.17. The summed E-state index contributed by atoms with van der Waals surface area (Å²) in [5, 5.41) is 6.79. The van der Waals surface area contributed by atoms with Crippen molar-refractivity contribution in [3.8, 4) is 0 Å². The minimum atomic E-state index is -0.625. The molecule has 1 unspecified atom stereocenters. The second-order valence-corrected chi connectivity index (χ2v) is 3.24. The lowest BCUT2D eigenvalue weighted by Crippen LogP contribution is -2.36. The van der Waals surface area contributed by atoms with Crippen molar-refractivity contribution in [3.63, 3.8) is 0 Å². The minimum absolute atomic E-state index is 0. The van der Waals surface area contributed by atoms with Crippen molar-refractivity contribution in [1.29, 1.82) is 0 Å². The van der Waals surface area contributed by atoms with Crippen molar-refractivity contribution in [1.82, 2.24) is 9.78 Å². The number of methoxy groups -OCH3 is 1. The second kappa shape index (κ2) is 6.47. The zero-order valence-corrected chi connectivity index (χ0v) is 10.4. The Morgan fingerprint density at radius 2 is 2.38 bits per heavy atom. The van der Waals surface area contributed by atoms with Crippen LogP contribution in [-0.4, -0.2) is 35.4 Å². The summed E-state index contributed by atoms with van der Waals surface area (Å²) in [6, 6.07) is 1.78. The highest BCUT2D eigenvalue weighted by atomic mass is 35.5. The number of ether oxygens (including phenoxy) is 1. The van der Waals surface area contributed by atoms with Gasteiger partial charge in [0.2, 0.25) is 0 Å². The van der Waals surface area contributed by atoms with Crippen molar-refractivity contribution >= 4 is 24.1 Å². The maximum atomic E-state index is 11.6. The maximum Gasteiger partial charge on any atom is 0.255 e. The molecule has 92 valence electrons. The van der Waals surface area contributed by atoms with E-state index in [2.05, 4.69) is 10.4 Å². The largest absolute Gasteiger partial charge is 0.370 e. The second-order valence-electron chi connectivity index (χ2n) is 3.24. The number of carbonyl (C=O) groups is 1. The fraction of sp³-hybridized carbons (Fsp3) is 0.556. The van der Waals surface area contributed by atoms with Crippen LogP contribution >= 0.6 is 12.4 Å². The van der Waals surface area contributed by atoms with Gasteiger partial charge in [-0.05, 0) is 6.92 Å². The van der Waals surface area contributed by atoms with Gasteiger partial charge in [-0.3, -0.25) is 9.48 Å². The van der Waals surface area contributed by atoms with Crippen LogP contribution in [0, 0.1) is 6.92 Å². The van der Waals surface area contributed by atoms with E-state index in [1.807, 2.05) is 6.92 Å². The Bertz CT molecular complexity index is 349. The molecule has 0 saturated carbocycles. The molecule has 1 aromatic rings. The summed E-state index contributed by atoms with van der Waals surface area (Å²) < 4.78 is 6.51. The molecule has 7 heteroatoms. The van der Waals surface area contributed by atoms with Gasteiger partial charge >= 0.3 is 0 Å². The minimum Gasteiger partial charge on any atom is -0.370 e.